The van der Waals surface area contributed by atoms with Gasteiger partial charge in [0.1, 0.15) is 0 Å². The van der Waals surface area contributed by atoms with E-state index in [2.05, 4.69) is 0 Å². The Labute approximate surface area is 190 Å². The molecule has 0 aromatic heterocycles. The summed E-state index contributed by atoms with van der Waals surface area (Å²) >= 11 is 0. The number of rotatable bonds is 2. The van der Waals surface area contributed by atoms with Crippen molar-refractivity contribution in [3.63, 3.8) is 0 Å². The van der Waals surface area contributed by atoms with Crippen molar-refractivity contribution in [2.75, 3.05) is 0 Å². The molecule has 0 aromatic rings. The van der Waals surface area contributed by atoms with E-state index in [1.807, 2.05) is 0 Å². The number of ketones is 2. The van der Waals surface area contributed by atoms with Crippen LogP contribution < -0.4 is 0 Å². The number of alkyl halides is 1. The Morgan fingerprint density at radius 2 is 1.79 bits per heavy atom. The summed E-state index contributed by atoms with van der Waals surface area (Å²) in [5.41, 5.74) is -6.62. The van der Waals surface area contributed by atoms with Gasteiger partial charge in [0.05, 0.1) is 18.3 Å². The van der Waals surface area contributed by atoms with Crippen LogP contribution in [0.2, 0.25) is 0 Å². The molecule has 0 spiro atoms. The fraction of sp³-hybridized carbons (Fsp3) is 0.708. The number of halogens is 1. The molecule has 8 nitrogen and oxygen atoms in total. The average molecular weight is 464 g/mol. The number of carbonyl (C=O) groups is 3. The van der Waals surface area contributed by atoms with E-state index in [9.17, 15) is 29.7 Å². The zero-order valence-corrected chi connectivity index (χ0v) is 19.0. The van der Waals surface area contributed by atoms with Crippen LogP contribution in [-0.2, 0) is 23.9 Å². The highest BCUT2D eigenvalue weighted by Crippen LogP contribution is 2.72. The van der Waals surface area contributed by atoms with Crippen molar-refractivity contribution in [3.05, 3.63) is 23.8 Å². The summed E-state index contributed by atoms with van der Waals surface area (Å²) in [7, 11) is 0. The molecule has 1 saturated heterocycles. The number of hydrogen-bond acceptors (Lipinski definition) is 7. The van der Waals surface area contributed by atoms with Gasteiger partial charge in [-0.25, -0.2) is 9.18 Å². The number of Topliss-reactive ketones (excluding diaryl/α,β-unsaturated/α-hetero) is 1. The second-order valence-electron chi connectivity index (χ2n) is 11.1. The van der Waals surface area contributed by atoms with Crippen LogP contribution >= 0.6 is 0 Å². The van der Waals surface area contributed by atoms with Crippen LogP contribution in [0.4, 0.5) is 4.39 Å². The van der Waals surface area contributed by atoms with Gasteiger partial charge in [0.25, 0.3) is 5.78 Å². The molecule has 9 heteroatoms. The largest absolute Gasteiger partial charge is 0.475 e. The summed E-state index contributed by atoms with van der Waals surface area (Å²) < 4.78 is 29.3. The smallest absolute Gasteiger partial charge is 0.375 e. The van der Waals surface area contributed by atoms with Crippen LogP contribution in [0.3, 0.4) is 0 Å². The minimum absolute atomic E-state index is 0.0795. The first-order chi connectivity index (χ1) is 15.1. The normalized spacial score (nSPS) is 51.8. The number of fused-ring (bicyclic) bond motifs is 7. The summed E-state index contributed by atoms with van der Waals surface area (Å²) in [6, 6.07) is 0. The van der Waals surface area contributed by atoms with Crippen molar-refractivity contribution < 1.29 is 43.6 Å². The Bertz CT molecular complexity index is 1030. The molecule has 4 fully saturated rings. The molecular weight excluding hydrogens is 435 g/mol. The number of ether oxygens (including phenoxy) is 2. The molecule has 9 atom stereocenters. The van der Waals surface area contributed by atoms with Crippen LogP contribution in [0.1, 0.15) is 47.0 Å². The first kappa shape index (κ1) is 22.8. The van der Waals surface area contributed by atoms with Gasteiger partial charge in [0.15, 0.2) is 22.8 Å². The second-order valence-corrected chi connectivity index (χ2v) is 11.1. The van der Waals surface area contributed by atoms with Crippen molar-refractivity contribution in [3.8, 4) is 0 Å². The number of aliphatic hydroxyl groups excluding tert-OH is 2. The summed E-state index contributed by atoms with van der Waals surface area (Å²) in [5.74, 6) is -5.99. The molecular formula is C24H29FO8. The molecule has 33 heavy (non-hydrogen) atoms. The summed E-state index contributed by atoms with van der Waals surface area (Å²) in [6.07, 6.45) is 0.0482. The van der Waals surface area contributed by atoms with E-state index < -0.39 is 69.8 Å². The maximum atomic E-state index is 17.2. The van der Waals surface area contributed by atoms with Gasteiger partial charge in [-0.15, -0.1) is 0 Å². The van der Waals surface area contributed by atoms with Crippen LogP contribution in [0.15, 0.2) is 23.8 Å². The van der Waals surface area contributed by atoms with Crippen molar-refractivity contribution in [1.82, 2.24) is 0 Å². The Hall–Kier alpha value is -1.94. The Morgan fingerprint density at radius 3 is 2.42 bits per heavy atom. The number of carboxylic acid groups (broad SMARTS) is 1. The molecule has 1 aliphatic heterocycles. The fourth-order valence-electron chi connectivity index (χ4n) is 7.90. The Kier molecular flexibility index (Phi) is 4.42. The number of aliphatic hydroxyl groups is 2. The number of allylic oxidation sites excluding steroid dienone is 3. The van der Waals surface area contributed by atoms with E-state index in [4.69, 9.17) is 9.47 Å². The third-order valence-electron chi connectivity index (χ3n) is 9.19. The van der Waals surface area contributed by atoms with Crippen molar-refractivity contribution in [2.45, 2.75) is 82.3 Å². The average Bonchev–Trinajstić information content (AvgIpc) is 3.11. The van der Waals surface area contributed by atoms with Gasteiger partial charge in [-0.3, -0.25) is 9.59 Å². The van der Waals surface area contributed by atoms with E-state index in [0.717, 1.165) is 0 Å². The second kappa shape index (κ2) is 6.38. The number of carbonyl (C=O) groups excluding carboxylic acids is 2. The Balaban J connectivity index is 1.67. The number of carboxylic acids is 1. The molecule has 0 unspecified atom stereocenters. The minimum atomic E-state index is -2.25. The fourth-order valence-corrected chi connectivity index (χ4v) is 7.90. The molecule has 4 aliphatic carbocycles. The topological polar surface area (TPSA) is 130 Å². The SMILES string of the molecule is CC1(C)O[C@@H]2C[C@H]3[C@@H]4C[C@@H](O)C5=CC(=O)C=C[C@]5(C)[C@@]4(F)[C@@H](O)C[C@]3(C)[C@]2(C(=O)C(=O)O)O1. The summed E-state index contributed by atoms with van der Waals surface area (Å²) in [4.78, 5) is 37.0. The zero-order chi connectivity index (χ0) is 24.4. The standard InChI is InChI=1S/C24H29FO8/c1-20(2)32-17-9-12-13-8-15(27)14-7-11(26)5-6-21(14,3)23(13,25)16(28)10-22(12,4)24(17,33-20)18(29)19(30)31/h5-7,12-13,15-17,27-28H,8-10H2,1-4H3,(H,30,31)/t12-,13-,15+,16-,17+,21-,22-,23-,24-/m0/s1. The van der Waals surface area contributed by atoms with Gasteiger partial charge in [-0.05, 0) is 63.7 Å². The maximum Gasteiger partial charge on any atom is 0.375 e. The van der Waals surface area contributed by atoms with Crippen LogP contribution in [0, 0.1) is 22.7 Å². The van der Waals surface area contributed by atoms with Gasteiger partial charge in [0.2, 0.25) is 0 Å². The first-order valence-electron chi connectivity index (χ1n) is 11.3. The summed E-state index contributed by atoms with van der Waals surface area (Å²) in [6.45, 7) is 6.40. The molecule has 0 aromatic carbocycles. The van der Waals surface area contributed by atoms with Gasteiger partial charge in [-0.2, -0.15) is 0 Å². The molecule has 5 aliphatic rings. The quantitative estimate of drug-likeness (QED) is 0.524. The molecule has 0 bridgehead atoms. The predicted molar refractivity (Wildman–Crippen MR) is 111 cm³/mol. The molecule has 0 radical (unpaired) electrons. The van der Waals surface area contributed by atoms with E-state index >= 15 is 4.39 Å². The molecule has 5 rings (SSSR count). The third-order valence-corrected chi connectivity index (χ3v) is 9.19. The lowest BCUT2D eigenvalue weighted by Gasteiger charge is -2.63. The van der Waals surface area contributed by atoms with Gasteiger partial charge in [-0.1, -0.05) is 13.0 Å². The van der Waals surface area contributed by atoms with E-state index in [0.29, 0.717) is 0 Å². The van der Waals surface area contributed by atoms with Crippen molar-refractivity contribution in [1.29, 1.82) is 0 Å². The Morgan fingerprint density at radius 1 is 1.12 bits per heavy atom. The van der Waals surface area contributed by atoms with E-state index in [-0.39, 0.29) is 30.6 Å². The highest BCUT2D eigenvalue weighted by atomic mass is 19.1. The van der Waals surface area contributed by atoms with Gasteiger partial charge in [0, 0.05) is 16.7 Å². The molecule has 3 N–H and O–H groups in total. The zero-order valence-electron chi connectivity index (χ0n) is 19.0. The molecule has 0 amide bonds. The molecule has 1 heterocycles. The first-order valence-corrected chi connectivity index (χ1v) is 11.3. The maximum absolute atomic E-state index is 17.2. The summed E-state index contributed by atoms with van der Waals surface area (Å²) in [5, 5.41) is 32.0. The lowest BCUT2D eigenvalue weighted by atomic mass is 9.44. The highest BCUT2D eigenvalue weighted by Gasteiger charge is 2.81. The van der Waals surface area contributed by atoms with Crippen molar-refractivity contribution >= 4 is 17.5 Å². The minimum Gasteiger partial charge on any atom is -0.475 e. The van der Waals surface area contributed by atoms with Crippen LogP contribution in [0.25, 0.3) is 0 Å². The van der Waals surface area contributed by atoms with Gasteiger partial charge >= 0.3 is 5.97 Å². The molecule has 180 valence electrons. The third kappa shape index (κ3) is 2.46. The predicted octanol–water partition coefficient (Wildman–Crippen LogP) is 1.48. The van der Waals surface area contributed by atoms with Gasteiger partial charge < -0.3 is 24.8 Å². The lowest BCUT2D eigenvalue weighted by Crippen LogP contribution is -2.71. The van der Waals surface area contributed by atoms with E-state index in [1.54, 1.807) is 27.7 Å². The number of aliphatic carboxylic acids is 1. The monoisotopic (exact) mass is 464 g/mol. The van der Waals surface area contributed by atoms with Crippen LogP contribution in [0.5, 0.6) is 0 Å². The number of hydrogen-bond donors (Lipinski definition) is 3. The van der Waals surface area contributed by atoms with Crippen molar-refractivity contribution in [2.24, 2.45) is 22.7 Å². The lowest BCUT2D eigenvalue weighted by molar-refractivity contribution is -0.250. The highest BCUT2D eigenvalue weighted by molar-refractivity contribution is 6.36. The molecule has 3 saturated carbocycles. The van der Waals surface area contributed by atoms with Crippen LogP contribution in [-0.4, -0.2) is 68.2 Å². The van der Waals surface area contributed by atoms with E-state index in [1.165, 1.54) is 18.2 Å².